The Morgan fingerprint density at radius 2 is 2.21 bits per heavy atom. The number of halogens is 1. The summed E-state index contributed by atoms with van der Waals surface area (Å²) in [5.41, 5.74) is 1.15. The molecular weight excluding hydrogens is 220 g/mol. The summed E-state index contributed by atoms with van der Waals surface area (Å²) in [7, 11) is 0. The van der Waals surface area contributed by atoms with Crippen molar-refractivity contribution in [3.05, 3.63) is 29.8 Å². The molecular formula is C10H11ClO2S. The molecule has 76 valence electrons. The van der Waals surface area contributed by atoms with Crippen LogP contribution in [-0.2, 0) is 4.79 Å². The van der Waals surface area contributed by atoms with E-state index in [1.54, 1.807) is 0 Å². The molecule has 1 N–H and O–H groups in total. The number of aryl methyl sites for hydroxylation is 1. The highest BCUT2D eigenvalue weighted by Gasteiger charge is 2.13. The Bertz CT molecular complexity index is 328. The molecule has 0 saturated carbocycles. The Kier molecular flexibility index (Phi) is 4.29. The molecule has 0 amide bonds. The lowest BCUT2D eigenvalue weighted by molar-refractivity contribution is -0.136. The number of rotatable bonds is 4. The third-order valence-corrected chi connectivity index (χ3v) is 3.54. The molecule has 0 aromatic heterocycles. The van der Waals surface area contributed by atoms with Crippen molar-refractivity contribution in [3.63, 3.8) is 0 Å². The van der Waals surface area contributed by atoms with Crippen molar-refractivity contribution in [2.75, 3.05) is 5.75 Å². The summed E-state index contributed by atoms with van der Waals surface area (Å²) < 4.78 is 0. The number of thioether (sulfide) groups is 1. The fourth-order valence-corrected chi connectivity index (χ4v) is 2.08. The summed E-state index contributed by atoms with van der Waals surface area (Å²) in [6.45, 7) is 1.99. The fraction of sp³-hybridized carbons (Fsp3) is 0.300. The number of aliphatic carboxylic acids is 1. The predicted octanol–water partition coefficient (Wildman–Crippen LogP) is 2.78. The number of carboxylic acid groups (broad SMARTS) is 1. The maximum absolute atomic E-state index is 10.5. The van der Waals surface area contributed by atoms with E-state index < -0.39 is 11.3 Å². The van der Waals surface area contributed by atoms with Crippen molar-refractivity contribution >= 4 is 29.3 Å². The van der Waals surface area contributed by atoms with Gasteiger partial charge >= 0.3 is 5.97 Å². The Labute approximate surface area is 92.3 Å². The second-order valence-corrected chi connectivity index (χ2v) is 4.47. The molecule has 0 aliphatic carbocycles. The first-order chi connectivity index (χ1) is 6.61. The minimum absolute atomic E-state index is 0.391. The molecule has 0 bridgehead atoms. The average Bonchev–Trinajstić information content (AvgIpc) is 2.16. The van der Waals surface area contributed by atoms with Crippen LogP contribution in [0.25, 0.3) is 0 Å². The molecule has 1 unspecified atom stereocenters. The van der Waals surface area contributed by atoms with Crippen LogP contribution < -0.4 is 0 Å². The van der Waals surface area contributed by atoms with Crippen LogP contribution in [0.1, 0.15) is 5.56 Å². The van der Waals surface area contributed by atoms with E-state index in [2.05, 4.69) is 0 Å². The molecule has 1 aromatic rings. The highest BCUT2D eigenvalue weighted by molar-refractivity contribution is 7.99. The zero-order chi connectivity index (χ0) is 10.6. The minimum atomic E-state index is -0.965. The molecule has 0 radical (unpaired) electrons. The summed E-state index contributed by atoms with van der Waals surface area (Å²) in [4.78, 5) is 11.5. The molecule has 0 aliphatic heterocycles. The Morgan fingerprint density at radius 3 is 2.79 bits per heavy atom. The van der Waals surface area contributed by atoms with E-state index in [4.69, 9.17) is 16.7 Å². The monoisotopic (exact) mass is 230 g/mol. The smallest absolute Gasteiger partial charge is 0.322 e. The van der Waals surface area contributed by atoms with Gasteiger partial charge in [-0.25, -0.2) is 0 Å². The Balaban J connectivity index is 2.54. The average molecular weight is 231 g/mol. The van der Waals surface area contributed by atoms with Gasteiger partial charge in [-0.05, 0) is 18.6 Å². The minimum Gasteiger partial charge on any atom is -0.480 e. The highest BCUT2D eigenvalue weighted by Crippen LogP contribution is 2.23. The van der Waals surface area contributed by atoms with Crippen molar-refractivity contribution in [1.29, 1.82) is 0 Å². The van der Waals surface area contributed by atoms with Crippen LogP contribution in [0.4, 0.5) is 0 Å². The number of hydrogen-bond donors (Lipinski definition) is 1. The van der Waals surface area contributed by atoms with Gasteiger partial charge in [-0.1, -0.05) is 18.2 Å². The summed E-state index contributed by atoms with van der Waals surface area (Å²) in [6, 6.07) is 7.84. The van der Waals surface area contributed by atoms with Crippen molar-refractivity contribution in [2.24, 2.45) is 0 Å². The molecule has 1 aromatic carbocycles. The molecule has 0 fully saturated rings. The maximum atomic E-state index is 10.5. The molecule has 14 heavy (non-hydrogen) atoms. The van der Waals surface area contributed by atoms with Gasteiger partial charge in [0.2, 0.25) is 0 Å². The van der Waals surface area contributed by atoms with Crippen LogP contribution in [0.2, 0.25) is 0 Å². The van der Waals surface area contributed by atoms with Crippen LogP contribution in [0.15, 0.2) is 29.2 Å². The molecule has 4 heteroatoms. The first-order valence-corrected chi connectivity index (χ1v) is 5.59. The standard InChI is InChI=1S/C10H11ClO2S/c1-7-4-2-3-5-9(7)14-6-8(11)10(12)13/h2-5,8H,6H2,1H3,(H,12,13). The van der Waals surface area contributed by atoms with Gasteiger partial charge in [0.1, 0.15) is 5.38 Å². The van der Waals surface area contributed by atoms with E-state index in [-0.39, 0.29) is 0 Å². The summed E-state index contributed by atoms with van der Waals surface area (Å²) in [5, 5.41) is 7.76. The lowest BCUT2D eigenvalue weighted by atomic mass is 10.2. The maximum Gasteiger partial charge on any atom is 0.322 e. The SMILES string of the molecule is Cc1ccccc1SCC(Cl)C(=O)O. The largest absolute Gasteiger partial charge is 0.480 e. The number of carbonyl (C=O) groups is 1. The number of hydrogen-bond acceptors (Lipinski definition) is 2. The van der Waals surface area contributed by atoms with E-state index in [0.29, 0.717) is 5.75 Å². The summed E-state index contributed by atoms with van der Waals surface area (Å²) in [5.74, 6) is -0.574. The third kappa shape index (κ3) is 3.24. The van der Waals surface area contributed by atoms with Gasteiger partial charge in [-0.3, -0.25) is 4.79 Å². The fourth-order valence-electron chi connectivity index (χ4n) is 0.953. The van der Waals surface area contributed by atoms with E-state index in [0.717, 1.165) is 10.5 Å². The van der Waals surface area contributed by atoms with Crippen LogP contribution in [0, 0.1) is 6.92 Å². The highest BCUT2D eigenvalue weighted by atomic mass is 35.5. The molecule has 1 rings (SSSR count). The number of benzene rings is 1. The second-order valence-electron chi connectivity index (χ2n) is 2.88. The topological polar surface area (TPSA) is 37.3 Å². The normalized spacial score (nSPS) is 12.4. The van der Waals surface area contributed by atoms with Gasteiger partial charge in [0, 0.05) is 10.6 Å². The van der Waals surface area contributed by atoms with Crippen LogP contribution >= 0.6 is 23.4 Å². The van der Waals surface area contributed by atoms with Crippen molar-refractivity contribution in [3.8, 4) is 0 Å². The van der Waals surface area contributed by atoms with E-state index in [1.807, 2.05) is 31.2 Å². The quantitative estimate of drug-likeness (QED) is 0.639. The first kappa shape index (κ1) is 11.4. The Morgan fingerprint density at radius 1 is 1.57 bits per heavy atom. The van der Waals surface area contributed by atoms with Crippen molar-refractivity contribution < 1.29 is 9.90 Å². The third-order valence-electron chi connectivity index (χ3n) is 1.75. The van der Waals surface area contributed by atoms with Gasteiger partial charge < -0.3 is 5.11 Å². The number of carboxylic acids is 1. The lowest BCUT2D eigenvalue weighted by Gasteiger charge is -2.06. The zero-order valence-electron chi connectivity index (χ0n) is 7.74. The van der Waals surface area contributed by atoms with Gasteiger partial charge in [-0.15, -0.1) is 23.4 Å². The lowest BCUT2D eigenvalue weighted by Crippen LogP contribution is -2.15. The molecule has 0 heterocycles. The van der Waals surface area contributed by atoms with E-state index in [9.17, 15) is 4.79 Å². The molecule has 0 aliphatic rings. The molecule has 0 saturated heterocycles. The van der Waals surface area contributed by atoms with E-state index in [1.165, 1.54) is 11.8 Å². The molecule has 2 nitrogen and oxygen atoms in total. The van der Waals surface area contributed by atoms with Gasteiger partial charge in [0.25, 0.3) is 0 Å². The predicted molar refractivity (Wildman–Crippen MR) is 59.2 cm³/mol. The van der Waals surface area contributed by atoms with Crippen LogP contribution in [0.3, 0.4) is 0 Å². The Hall–Kier alpha value is -0.670. The van der Waals surface area contributed by atoms with Crippen molar-refractivity contribution in [2.45, 2.75) is 17.2 Å². The summed E-state index contributed by atoms with van der Waals surface area (Å²) >= 11 is 7.07. The van der Waals surface area contributed by atoms with Gasteiger partial charge in [0.15, 0.2) is 0 Å². The van der Waals surface area contributed by atoms with Gasteiger partial charge in [-0.2, -0.15) is 0 Å². The second kappa shape index (κ2) is 5.27. The molecule has 1 atom stereocenters. The van der Waals surface area contributed by atoms with Crippen LogP contribution in [0.5, 0.6) is 0 Å². The molecule has 0 spiro atoms. The number of alkyl halides is 1. The first-order valence-electron chi connectivity index (χ1n) is 4.16. The van der Waals surface area contributed by atoms with Gasteiger partial charge in [0.05, 0.1) is 0 Å². The van der Waals surface area contributed by atoms with Crippen LogP contribution in [-0.4, -0.2) is 22.2 Å². The van der Waals surface area contributed by atoms with E-state index >= 15 is 0 Å². The van der Waals surface area contributed by atoms with Crippen molar-refractivity contribution in [1.82, 2.24) is 0 Å². The zero-order valence-corrected chi connectivity index (χ0v) is 9.31. The summed E-state index contributed by atoms with van der Waals surface area (Å²) in [6.07, 6.45) is 0.